The van der Waals surface area contributed by atoms with Crippen molar-refractivity contribution in [3.05, 3.63) is 70.8 Å². The molecule has 3 heterocycles. The van der Waals surface area contributed by atoms with Gasteiger partial charge in [0.1, 0.15) is 5.82 Å². The first kappa shape index (κ1) is 18.8. The van der Waals surface area contributed by atoms with Crippen LogP contribution in [0.15, 0.2) is 48.5 Å². The molecule has 0 radical (unpaired) electrons. The van der Waals surface area contributed by atoms with E-state index < -0.39 is 0 Å². The summed E-state index contributed by atoms with van der Waals surface area (Å²) < 4.78 is 5.82. The number of benzene rings is 2. The number of ether oxygens (including phenoxy) is 1. The zero-order valence-electron chi connectivity index (χ0n) is 17.8. The predicted molar refractivity (Wildman–Crippen MR) is 121 cm³/mol. The van der Waals surface area contributed by atoms with Gasteiger partial charge in [-0.15, -0.1) is 0 Å². The normalized spacial score (nSPS) is 26.9. The number of fused-ring (bicyclic) bond motifs is 4. The number of pyridine rings is 1. The van der Waals surface area contributed by atoms with E-state index in [1.165, 1.54) is 18.4 Å². The summed E-state index contributed by atoms with van der Waals surface area (Å²) in [6.45, 7) is 3.31. The maximum Gasteiger partial charge on any atom is 0.254 e. The molecule has 3 aliphatic rings. The number of amides is 1. The molecular formula is C26H27N3O2. The molecule has 158 valence electrons. The van der Waals surface area contributed by atoms with Gasteiger partial charge in [-0.05, 0) is 55.0 Å². The van der Waals surface area contributed by atoms with Crippen LogP contribution in [0.3, 0.4) is 0 Å². The van der Waals surface area contributed by atoms with Crippen molar-refractivity contribution in [2.24, 2.45) is 5.92 Å². The summed E-state index contributed by atoms with van der Waals surface area (Å²) in [5.74, 6) is 1.66. The van der Waals surface area contributed by atoms with Crippen molar-refractivity contribution < 1.29 is 9.53 Å². The number of anilines is 1. The van der Waals surface area contributed by atoms with E-state index in [0.717, 1.165) is 40.6 Å². The van der Waals surface area contributed by atoms with Crippen LogP contribution < -0.4 is 5.73 Å². The molecule has 5 nitrogen and oxygen atoms in total. The van der Waals surface area contributed by atoms with E-state index in [1.807, 2.05) is 25.1 Å². The predicted octanol–water partition coefficient (Wildman–Crippen LogP) is 4.82. The molecule has 2 N–H and O–H groups in total. The van der Waals surface area contributed by atoms with E-state index in [0.29, 0.717) is 30.3 Å². The monoisotopic (exact) mass is 413 g/mol. The van der Waals surface area contributed by atoms with Gasteiger partial charge in [-0.1, -0.05) is 36.8 Å². The van der Waals surface area contributed by atoms with Gasteiger partial charge in [0.2, 0.25) is 0 Å². The molecule has 3 aromatic rings. The van der Waals surface area contributed by atoms with E-state index in [9.17, 15) is 4.79 Å². The van der Waals surface area contributed by atoms with Crippen molar-refractivity contribution in [1.29, 1.82) is 0 Å². The third-order valence-corrected chi connectivity index (χ3v) is 7.63. The zero-order valence-corrected chi connectivity index (χ0v) is 17.8. The first-order valence-electron chi connectivity index (χ1n) is 11.3. The molecule has 1 saturated carbocycles. The molecule has 0 bridgehead atoms. The molecule has 2 fully saturated rings. The van der Waals surface area contributed by atoms with Crippen LogP contribution in [-0.4, -0.2) is 28.4 Å². The van der Waals surface area contributed by atoms with Gasteiger partial charge in [0.05, 0.1) is 18.2 Å². The molecule has 2 aliphatic heterocycles. The van der Waals surface area contributed by atoms with Crippen molar-refractivity contribution in [1.82, 2.24) is 9.88 Å². The topological polar surface area (TPSA) is 68.5 Å². The van der Waals surface area contributed by atoms with Gasteiger partial charge >= 0.3 is 0 Å². The highest BCUT2D eigenvalue weighted by Crippen LogP contribution is 2.47. The number of rotatable bonds is 2. The van der Waals surface area contributed by atoms with Crippen molar-refractivity contribution >= 4 is 22.6 Å². The van der Waals surface area contributed by atoms with Gasteiger partial charge in [0, 0.05) is 35.0 Å². The maximum atomic E-state index is 13.7. The van der Waals surface area contributed by atoms with Gasteiger partial charge in [-0.2, -0.15) is 0 Å². The Morgan fingerprint density at radius 2 is 2.00 bits per heavy atom. The second-order valence-corrected chi connectivity index (χ2v) is 9.21. The Hall–Kier alpha value is -2.92. The Morgan fingerprint density at radius 1 is 1.16 bits per heavy atom. The fourth-order valence-electron chi connectivity index (χ4n) is 6.16. The van der Waals surface area contributed by atoms with Gasteiger partial charge in [-0.3, -0.25) is 4.79 Å². The summed E-state index contributed by atoms with van der Waals surface area (Å²) >= 11 is 0. The van der Waals surface area contributed by atoms with Crippen LogP contribution in [0.1, 0.15) is 65.3 Å². The molecule has 31 heavy (non-hydrogen) atoms. The van der Waals surface area contributed by atoms with E-state index in [-0.39, 0.29) is 12.0 Å². The van der Waals surface area contributed by atoms with Crippen LogP contribution in [-0.2, 0) is 11.3 Å². The molecule has 4 atom stereocenters. The fourth-order valence-corrected chi connectivity index (χ4v) is 6.16. The summed E-state index contributed by atoms with van der Waals surface area (Å²) in [6, 6.07) is 16.9. The number of nitrogens with zero attached hydrogens (tertiary/aromatic N) is 2. The lowest BCUT2D eigenvalue weighted by Gasteiger charge is -2.24. The summed E-state index contributed by atoms with van der Waals surface area (Å²) in [7, 11) is 0. The van der Waals surface area contributed by atoms with Gasteiger partial charge in [0.25, 0.3) is 5.91 Å². The molecular weight excluding hydrogens is 386 g/mol. The zero-order chi connectivity index (χ0) is 21.1. The van der Waals surface area contributed by atoms with Gasteiger partial charge < -0.3 is 15.4 Å². The lowest BCUT2D eigenvalue weighted by atomic mass is 9.87. The summed E-state index contributed by atoms with van der Waals surface area (Å²) in [5, 5.41) is 0.987. The second-order valence-electron chi connectivity index (χ2n) is 9.21. The SMILES string of the molecule is C[C@H]1OCc2c1c(N)nc1ccc(C(=O)N3C[C@H](c4ccccc4)[C@@H]4CCC[C@H]43)cc21. The first-order valence-corrected chi connectivity index (χ1v) is 11.3. The fraction of sp³-hybridized carbons (Fsp3) is 0.385. The van der Waals surface area contributed by atoms with Crippen LogP contribution in [0, 0.1) is 5.92 Å². The standard InChI is InChI=1S/C26H27N3O2/c1-15-24-21(14-31-15)19-12-17(10-11-22(19)28-25(24)27)26(30)29-13-20(16-6-3-2-4-7-16)18-8-5-9-23(18)29/h2-4,6-7,10-12,15,18,20,23H,5,8-9,13-14H2,1H3,(H2,27,28)/t15-,18+,20-,23-/m1/s1. The molecule has 0 unspecified atom stereocenters. The van der Waals surface area contributed by atoms with Crippen molar-refractivity contribution in [3.63, 3.8) is 0 Å². The number of nitrogen functional groups attached to an aromatic ring is 1. The number of carbonyl (C=O) groups is 1. The molecule has 1 aliphatic carbocycles. The number of likely N-dealkylation sites (tertiary alicyclic amines) is 1. The van der Waals surface area contributed by atoms with Crippen LogP contribution in [0.5, 0.6) is 0 Å². The highest BCUT2D eigenvalue weighted by atomic mass is 16.5. The highest BCUT2D eigenvalue weighted by molar-refractivity contribution is 5.99. The lowest BCUT2D eigenvalue weighted by molar-refractivity contribution is 0.0728. The Bertz CT molecular complexity index is 1180. The Morgan fingerprint density at radius 3 is 2.84 bits per heavy atom. The summed E-state index contributed by atoms with van der Waals surface area (Å²) in [4.78, 5) is 20.4. The minimum Gasteiger partial charge on any atom is -0.383 e. The average Bonchev–Trinajstić information content (AvgIpc) is 3.49. The maximum absolute atomic E-state index is 13.7. The molecule has 6 rings (SSSR count). The van der Waals surface area contributed by atoms with Crippen molar-refractivity contribution in [2.45, 2.75) is 50.9 Å². The Labute approximate surface area is 182 Å². The molecule has 1 aromatic heterocycles. The quantitative estimate of drug-likeness (QED) is 0.654. The minimum atomic E-state index is -0.0595. The molecule has 0 spiro atoms. The first-order chi connectivity index (χ1) is 15.1. The van der Waals surface area contributed by atoms with Gasteiger partial charge in [-0.25, -0.2) is 4.98 Å². The number of aromatic nitrogens is 1. The molecule has 1 saturated heterocycles. The van der Waals surface area contributed by atoms with E-state index in [1.54, 1.807) is 0 Å². The minimum absolute atomic E-state index is 0.0595. The van der Waals surface area contributed by atoms with E-state index >= 15 is 0 Å². The van der Waals surface area contributed by atoms with Crippen LogP contribution >= 0.6 is 0 Å². The second kappa shape index (κ2) is 7.06. The Balaban J connectivity index is 1.37. The number of hydrogen-bond donors (Lipinski definition) is 1. The lowest BCUT2D eigenvalue weighted by Crippen LogP contribution is -2.36. The Kier molecular flexibility index (Phi) is 4.29. The smallest absolute Gasteiger partial charge is 0.254 e. The van der Waals surface area contributed by atoms with Gasteiger partial charge in [0.15, 0.2) is 0 Å². The summed E-state index contributed by atoms with van der Waals surface area (Å²) in [5.41, 5.74) is 11.2. The average molecular weight is 414 g/mol. The molecule has 2 aromatic carbocycles. The van der Waals surface area contributed by atoms with Crippen molar-refractivity contribution in [2.75, 3.05) is 12.3 Å². The van der Waals surface area contributed by atoms with Crippen molar-refractivity contribution in [3.8, 4) is 0 Å². The van der Waals surface area contributed by atoms with Crippen LogP contribution in [0.2, 0.25) is 0 Å². The number of carbonyl (C=O) groups excluding carboxylic acids is 1. The third kappa shape index (κ3) is 2.87. The molecule has 1 amide bonds. The largest absolute Gasteiger partial charge is 0.383 e. The molecule has 5 heteroatoms. The number of hydrogen-bond acceptors (Lipinski definition) is 4. The summed E-state index contributed by atoms with van der Waals surface area (Å²) in [6.07, 6.45) is 3.45. The number of nitrogens with two attached hydrogens (primary N) is 1. The van der Waals surface area contributed by atoms with E-state index in [2.05, 4.69) is 40.2 Å². The highest BCUT2D eigenvalue weighted by Gasteiger charge is 2.46. The van der Waals surface area contributed by atoms with Crippen LogP contribution in [0.4, 0.5) is 5.82 Å². The van der Waals surface area contributed by atoms with Crippen LogP contribution in [0.25, 0.3) is 10.9 Å². The third-order valence-electron chi connectivity index (χ3n) is 7.63. The van der Waals surface area contributed by atoms with E-state index in [4.69, 9.17) is 10.5 Å².